The van der Waals surface area contributed by atoms with Gasteiger partial charge in [-0.2, -0.15) is 0 Å². The third kappa shape index (κ3) is 9.06. The van der Waals surface area contributed by atoms with Crippen molar-refractivity contribution in [2.45, 2.75) is 17.1 Å². The minimum absolute atomic E-state index is 0.0112. The predicted molar refractivity (Wildman–Crippen MR) is 195 cm³/mol. The Morgan fingerprint density at radius 3 is 2.24 bits per heavy atom. The number of nitrogens with one attached hydrogen (secondary N) is 3. The molecule has 1 aromatic heterocycles. The van der Waals surface area contributed by atoms with Crippen LogP contribution in [-0.2, 0) is 9.59 Å². The summed E-state index contributed by atoms with van der Waals surface area (Å²) in [6, 6.07) is 28.4. The highest BCUT2D eigenvalue weighted by atomic mass is 32.2. The molecule has 3 N–H and O–H groups in total. The highest BCUT2D eigenvalue weighted by Gasteiger charge is 2.19. The van der Waals surface area contributed by atoms with E-state index in [0.29, 0.717) is 39.2 Å². The summed E-state index contributed by atoms with van der Waals surface area (Å²) in [7, 11) is 4.66. The van der Waals surface area contributed by atoms with Gasteiger partial charge in [-0.1, -0.05) is 30.3 Å². The number of amides is 3. The zero-order chi connectivity index (χ0) is 34.8. The average molecular weight is 695 g/mol. The number of anilines is 2. The van der Waals surface area contributed by atoms with Crippen molar-refractivity contribution in [3.8, 4) is 28.5 Å². The van der Waals surface area contributed by atoms with Crippen molar-refractivity contribution in [2.75, 3.05) is 32.0 Å². The lowest BCUT2D eigenvalue weighted by Crippen LogP contribution is -2.30. The van der Waals surface area contributed by atoms with E-state index in [9.17, 15) is 14.4 Å². The number of nitrogens with zero attached hydrogens (tertiary/aromatic N) is 1. The van der Waals surface area contributed by atoms with E-state index in [1.165, 1.54) is 30.2 Å². The summed E-state index contributed by atoms with van der Waals surface area (Å²) in [4.78, 5) is 45.0. The third-order valence-electron chi connectivity index (χ3n) is 7.18. The Kier molecular flexibility index (Phi) is 11.7. The van der Waals surface area contributed by atoms with Crippen LogP contribution in [0.3, 0.4) is 0 Å². The van der Waals surface area contributed by atoms with Crippen LogP contribution in [0.5, 0.6) is 17.2 Å². The van der Waals surface area contributed by atoms with Crippen LogP contribution in [0.25, 0.3) is 17.3 Å². The third-order valence-corrected chi connectivity index (χ3v) is 9.05. The Bertz CT molecular complexity index is 1960. The van der Waals surface area contributed by atoms with E-state index in [1.54, 1.807) is 81.0 Å². The molecule has 0 saturated carbocycles. The number of rotatable bonds is 13. The maximum absolute atomic E-state index is 13.5. The Morgan fingerprint density at radius 1 is 0.816 bits per heavy atom. The molecular weight excluding hydrogens is 661 g/mol. The van der Waals surface area contributed by atoms with E-state index in [4.69, 9.17) is 14.2 Å². The molecule has 0 aliphatic carbocycles. The van der Waals surface area contributed by atoms with Crippen LogP contribution in [0, 0.1) is 0 Å². The van der Waals surface area contributed by atoms with Gasteiger partial charge in [0, 0.05) is 38.7 Å². The molecule has 49 heavy (non-hydrogen) atoms. The number of ether oxygens (including phenoxy) is 3. The summed E-state index contributed by atoms with van der Waals surface area (Å²) >= 11 is 2.71. The number of thiazole rings is 1. The van der Waals surface area contributed by atoms with Crippen molar-refractivity contribution in [2.24, 2.45) is 0 Å². The van der Waals surface area contributed by atoms with E-state index in [2.05, 4.69) is 20.9 Å². The largest absolute Gasteiger partial charge is 0.497 e. The molecule has 0 bridgehead atoms. The number of benzene rings is 4. The smallest absolute Gasteiger partial charge is 0.272 e. The van der Waals surface area contributed by atoms with Crippen LogP contribution in [0.4, 0.5) is 10.8 Å². The van der Waals surface area contributed by atoms with Gasteiger partial charge >= 0.3 is 0 Å². The number of para-hydroxylation sites is 1. The van der Waals surface area contributed by atoms with Gasteiger partial charge in [-0.05, 0) is 73.7 Å². The standard InChI is InChI=1S/C37H34N4O6S2/c1-23(34(42)41-37-40-31(22-48-37)29-12-8-9-13-32(29)46-3)49-28-18-15-26(16-19-28)38-36(44)30(39-35(43)24-10-6-5-7-11-24)20-25-14-17-27(45-2)21-33(25)47-4/h5-23H,1-4H3,(H,38,44)(H,39,43)(H,40,41,42)/b30-20-. The second-order valence-electron chi connectivity index (χ2n) is 10.5. The van der Waals surface area contributed by atoms with Gasteiger partial charge in [0.05, 0.1) is 32.3 Å². The number of hydrogen-bond donors (Lipinski definition) is 3. The van der Waals surface area contributed by atoms with Gasteiger partial charge in [0.1, 0.15) is 22.9 Å². The second-order valence-corrected chi connectivity index (χ2v) is 12.7. The van der Waals surface area contributed by atoms with Crippen LogP contribution in [0.15, 0.2) is 113 Å². The van der Waals surface area contributed by atoms with Crippen LogP contribution in [0.2, 0.25) is 0 Å². The Morgan fingerprint density at radius 2 is 1.53 bits per heavy atom. The molecule has 1 atom stereocenters. The molecule has 250 valence electrons. The first-order chi connectivity index (χ1) is 23.8. The fourth-order valence-corrected chi connectivity index (χ4v) is 6.21. The molecule has 0 radical (unpaired) electrons. The lowest BCUT2D eigenvalue weighted by molar-refractivity contribution is -0.115. The lowest BCUT2D eigenvalue weighted by Gasteiger charge is -2.14. The van der Waals surface area contributed by atoms with Crippen LogP contribution >= 0.6 is 23.1 Å². The molecule has 0 spiro atoms. The van der Waals surface area contributed by atoms with E-state index in [0.717, 1.165) is 16.2 Å². The molecule has 3 amide bonds. The van der Waals surface area contributed by atoms with Crippen molar-refractivity contribution >= 4 is 57.7 Å². The number of methoxy groups -OCH3 is 3. The predicted octanol–water partition coefficient (Wildman–Crippen LogP) is 7.36. The minimum atomic E-state index is -0.536. The minimum Gasteiger partial charge on any atom is -0.497 e. The lowest BCUT2D eigenvalue weighted by atomic mass is 10.1. The fourth-order valence-electron chi connectivity index (χ4n) is 4.63. The second kappa shape index (κ2) is 16.5. The molecule has 5 rings (SSSR count). The first-order valence-corrected chi connectivity index (χ1v) is 16.8. The summed E-state index contributed by atoms with van der Waals surface area (Å²) < 4.78 is 16.2. The molecule has 0 fully saturated rings. The molecule has 0 aliphatic heterocycles. The zero-order valence-electron chi connectivity index (χ0n) is 27.2. The number of carbonyl (C=O) groups excluding carboxylic acids is 3. The van der Waals surface area contributed by atoms with Crippen molar-refractivity contribution in [1.82, 2.24) is 10.3 Å². The van der Waals surface area contributed by atoms with E-state index in [-0.39, 0.29) is 11.6 Å². The van der Waals surface area contributed by atoms with Crippen molar-refractivity contribution in [3.63, 3.8) is 0 Å². The zero-order valence-corrected chi connectivity index (χ0v) is 28.8. The quantitative estimate of drug-likeness (QED) is 0.0862. The van der Waals surface area contributed by atoms with Crippen molar-refractivity contribution in [1.29, 1.82) is 0 Å². The van der Waals surface area contributed by atoms with Gasteiger partial charge in [-0.15, -0.1) is 23.1 Å². The maximum Gasteiger partial charge on any atom is 0.272 e. The van der Waals surface area contributed by atoms with Gasteiger partial charge in [0.25, 0.3) is 11.8 Å². The summed E-state index contributed by atoms with van der Waals surface area (Å²) in [5.41, 5.74) is 3.04. The molecule has 12 heteroatoms. The number of carbonyl (C=O) groups is 3. The number of thioether (sulfide) groups is 1. The Hall–Kier alpha value is -5.59. The Labute approximate surface area is 292 Å². The molecule has 1 heterocycles. The maximum atomic E-state index is 13.5. The van der Waals surface area contributed by atoms with Crippen LogP contribution < -0.4 is 30.2 Å². The van der Waals surface area contributed by atoms with Crippen molar-refractivity contribution < 1.29 is 28.6 Å². The molecule has 5 aromatic rings. The van der Waals surface area contributed by atoms with Gasteiger partial charge in [-0.25, -0.2) is 4.98 Å². The van der Waals surface area contributed by atoms with E-state index >= 15 is 0 Å². The normalized spacial score (nSPS) is 11.6. The van der Waals surface area contributed by atoms with Gasteiger partial charge in [0.15, 0.2) is 5.13 Å². The van der Waals surface area contributed by atoms with Gasteiger partial charge < -0.3 is 30.2 Å². The highest BCUT2D eigenvalue weighted by molar-refractivity contribution is 8.00. The fraction of sp³-hybridized carbons (Fsp3) is 0.135. The number of aromatic nitrogens is 1. The molecule has 4 aromatic carbocycles. The van der Waals surface area contributed by atoms with Gasteiger partial charge in [-0.3, -0.25) is 14.4 Å². The van der Waals surface area contributed by atoms with E-state index < -0.39 is 17.1 Å². The van der Waals surface area contributed by atoms with Gasteiger partial charge in [0.2, 0.25) is 5.91 Å². The van der Waals surface area contributed by atoms with Crippen molar-refractivity contribution in [3.05, 3.63) is 119 Å². The van der Waals surface area contributed by atoms with Crippen LogP contribution in [0.1, 0.15) is 22.8 Å². The Balaban J connectivity index is 1.25. The molecule has 1 unspecified atom stereocenters. The first kappa shape index (κ1) is 34.7. The summed E-state index contributed by atoms with van der Waals surface area (Å²) in [5.74, 6) is 0.579. The number of hydrogen-bond acceptors (Lipinski definition) is 9. The highest BCUT2D eigenvalue weighted by Crippen LogP contribution is 2.33. The summed E-state index contributed by atoms with van der Waals surface area (Å²) in [6.07, 6.45) is 1.54. The van der Waals surface area contributed by atoms with Crippen LogP contribution in [-0.4, -0.2) is 49.3 Å². The summed E-state index contributed by atoms with van der Waals surface area (Å²) in [5, 5.41) is 10.4. The average Bonchev–Trinajstić information content (AvgIpc) is 3.60. The topological polar surface area (TPSA) is 128 Å². The first-order valence-electron chi connectivity index (χ1n) is 15.1. The monoisotopic (exact) mass is 694 g/mol. The molecule has 0 saturated heterocycles. The molecule has 0 aliphatic rings. The van der Waals surface area contributed by atoms with E-state index in [1.807, 2.05) is 48.7 Å². The molecule has 10 nitrogen and oxygen atoms in total. The molecular formula is C37H34N4O6S2. The summed E-state index contributed by atoms with van der Waals surface area (Å²) in [6.45, 7) is 1.81. The SMILES string of the molecule is COc1ccc(/C=C(\NC(=O)c2ccccc2)C(=O)Nc2ccc(SC(C)C(=O)Nc3nc(-c4ccccc4OC)cs3)cc2)c(OC)c1.